The maximum absolute atomic E-state index is 14.4. The second kappa shape index (κ2) is 12.4. The third-order valence-corrected chi connectivity index (χ3v) is 10.1. The lowest BCUT2D eigenvalue weighted by molar-refractivity contribution is -0.270. The van der Waals surface area contributed by atoms with Crippen LogP contribution in [0.1, 0.15) is 55.0 Å². The standard InChI is InChI=1S/C31H33ClF3NO5S2/c1-19-9-12-22(13-10-19)43(39,40)36-28-23-8-6-5-7-20(23)15-25(28)41-27(37)17-30(38,31(33,34)35)18-29(2,3)24-14-11-21(32)16-26(24)42-4/h5-14,16,25,28,36,38H,15,17-18H2,1-4H3. The first-order valence-corrected chi connectivity index (χ1v) is 16.5. The highest BCUT2D eigenvalue weighted by Crippen LogP contribution is 2.46. The van der Waals surface area contributed by atoms with Gasteiger partial charge >= 0.3 is 12.1 Å². The van der Waals surface area contributed by atoms with E-state index in [-0.39, 0.29) is 11.3 Å². The lowest BCUT2D eigenvalue weighted by Crippen LogP contribution is -2.51. The van der Waals surface area contributed by atoms with Crippen molar-refractivity contribution >= 4 is 39.4 Å². The van der Waals surface area contributed by atoms with Gasteiger partial charge in [-0.3, -0.25) is 4.79 Å². The molecule has 3 unspecified atom stereocenters. The molecule has 0 spiro atoms. The number of halogens is 4. The summed E-state index contributed by atoms with van der Waals surface area (Å²) in [6.45, 7) is 4.93. The molecule has 0 saturated carbocycles. The molecule has 0 saturated heterocycles. The van der Waals surface area contributed by atoms with E-state index in [1.165, 1.54) is 23.9 Å². The number of alkyl halides is 3. The molecular weight excluding hydrogens is 623 g/mol. The summed E-state index contributed by atoms with van der Waals surface area (Å²) >= 11 is 7.39. The quantitative estimate of drug-likeness (QED) is 0.182. The van der Waals surface area contributed by atoms with Crippen molar-refractivity contribution < 1.29 is 36.2 Å². The van der Waals surface area contributed by atoms with Gasteiger partial charge in [0.05, 0.1) is 17.4 Å². The van der Waals surface area contributed by atoms with Gasteiger partial charge in [0.2, 0.25) is 10.0 Å². The molecule has 0 radical (unpaired) electrons. The van der Waals surface area contributed by atoms with E-state index in [1.807, 2.05) is 6.92 Å². The first-order valence-electron chi connectivity index (χ1n) is 13.5. The van der Waals surface area contributed by atoms with Gasteiger partial charge < -0.3 is 9.84 Å². The van der Waals surface area contributed by atoms with Crippen LogP contribution < -0.4 is 4.72 Å². The van der Waals surface area contributed by atoms with E-state index >= 15 is 0 Å². The molecule has 0 aromatic heterocycles. The number of sulfonamides is 1. The van der Waals surface area contributed by atoms with Crippen LogP contribution in [0, 0.1) is 6.92 Å². The Morgan fingerprint density at radius 2 is 1.74 bits per heavy atom. The van der Waals surface area contributed by atoms with E-state index in [0.717, 1.165) is 5.56 Å². The van der Waals surface area contributed by atoms with Gasteiger partial charge in [-0.15, -0.1) is 11.8 Å². The second-order valence-corrected chi connectivity index (χ2v) is 14.5. The van der Waals surface area contributed by atoms with Gasteiger partial charge in [0, 0.05) is 16.3 Å². The monoisotopic (exact) mass is 655 g/mol. The normalized spacial score (nSPS) is 18.6. The van der Waals surface area contributed by atoms with Crippen LogP contribution in [0.3, 0.4) is 0 Å². The van der Waals surface area contributed by atoms with Crippen molar-refractivity contribution in [2.75, 3.05) is 6.26 Å². The number of thioether (sulfide) groups is 1. The van der Waals surface area contributed by atoms with E-state index in [4.69, 9.17) is 16.3 Å². The molecule has 0 fully saturated rings. The zero-order valence-corrected chi connectivity index (χ0v) is 26.4. The summed E-state index contributed by atoms with van der Waals surface area (Å²) in [5.74, 6) is -1.30. The Morgan fingerprint density at radius 3 is 2.37 bits per heavy atom. The highest BCUT2D eigenvalue weighted by atomic mass is 35.5. The number of carbonyl (C=O) groups excluding carboxylic acids is 1. The van der Waals surface area contributed by atoms with Gasteiger partial charge in [-0.2, -0.15) is 17.9 Å². The average Bonchev–Trinajstić information content (AvgIpc) is 3.23. The Hall–Kier alpha value is -2.57. The fraction of sp³-hybridized carbons (Fsp3) is 0.387. The summed E-state index contributed by atoms with van der Waals surface area (Å²) in [6.07, 6.45) is -6.65. The minimum absolute atomic E-state index is 0.00644. The summed E-state index contributed by atoms with van der Waals surface area (Å²) < 4.78 is 77.8. The van der Waals surface area contributed by atoms with Crippen LogP contribution in [0.4, 0.5) is 13.2 Å². The molecule has 0 heterocycles. The number of hydrogen-bond acceptors (Lipinski definition) is 6. The number of carbonyl (C=O) groups is 1. The van der Waals surface area contributed by atoms with E-state index in [1.54, 1.807) is 74.7 Å². The highest BCUT2D eigenvalue weighted by molar-refractivity contribution is 7.98. The van der Waals surface area contributed by atoms with E-state index < -0.39 is 58.2 Å². The predicted octanol–water partition coefficient (Wildman–Crippen LogP) is 6.91. The zero-order valence-electron chi connectivity index (χ0n) is 24.0. The molecule has 12 heteroatoms. The number of aliphatic hydroxyl groups is 1. The smallest absolute Gasteiger partial charge is 0.417 e. The van der Waals surface area contributed by atoms with Crippen LogP contribution in [-0.4, -0.2) is 43.6 Å². The molecule has 0 aliphatic heterocycles. The van der Waals surface area contributed by atoms with Gasteiger partial charge in [-0.05, 0) is 66.0 Å². The van der Waals surface area contributed by atoms with E-state index in [0.29, 0.717) is 26.6 Å². The molecule has 0 amide bonds. The minimum Gasteiger partial charge on any atom is -0.460 e. The first kappa shape index (κ1) is 33.3. The molecule has 1 aliphatic carbocycles. The summed E-state index contributed by atoms with van der Waals surface area (Å²) in [5.41, 5.74) is -2.00. The number of aryl methyl sites for hydroxylation is 1. The lowest BCUT2D eigenvalue weighted by Gasteiger charge is -2.38. The highest BCUT2D eigenvalue weighted by Gasteiger charge is 2.57. The Morgan fingerprint density at radius 1 is 1.09 bits per heavy atom. The van der Waals surface area contributed by atoms with Crippen molar-refractivity contribution in [3.63, 3.8) is 0 Å². The fourth-order valence-corrected chi connectivity index (χ4v) is 7.81. The number of benzene rings is 3. The number of esters is 1. The third-order valence-electron chi connectivity index (χ3n) is 7.67. The first-order chi connectivity index (χ1) is 20.0. The number of rotatable bonds is 10. The molecule has 43 heavy (non-hydrogen) atoms. The SMILES string of the molecule is CSc1cc(Cl)ccc1C(C)(C)CC(O)(CC(=O)OC1Cc2ccccc2C1NS(=O)(=O)c1ccc(C)cc1)C(F)(F)F. The zero-order chi connectivity index (χ0) is 31.8. The fourth-order valence-electron chi connectivity index (χ4n) is 5.52. The molecule has 3 aromatic carbocycles. The van der Waals surface area contributed by atoms with Crippen LogP contribution in [0.5, 0.6) is 0 Å². The molecule has 232 valence electrons. The van der Waals surface area contributed by atoms with Crippen molar-refractivity contribution in [3.8, 4) is 0 Å². The van der Waals surface area contributed by atoms with Crippen LogP contribution in [0.25, 0.3) is 0 Å². The van der Waals surface area contributed by atoms with Crippen LogP contribution >= 0.6 is 23.4 Å². The predicted molar refractivity (Wildman–Crippen MR) is 161 cm³/mol. The van der Waals surface area contributed by atoms with E-state index in [9.17, 15) is 31.5 Å². The largest absolute Gasteiger partial charge is 0.460 e. The van der Waals surface area contributed by atoms with Crippen molar-refractivity contribution in [1.82, 2.24) is 4.72 Å². The molecule has 3 atom stereocenters. The maximum atomic E-state index is 14.4. The van der Waals surface area contributed by atoms with Crippen LogP contribution in [0.2, 0.25) is 5.02 Å². The number of hydrogen-bond donors (Lipinski definition) is 2. The van der Waals surface area contributed by atoms with E-state index in [2.05, 4.69) is 4.72 Å². The van der Waals surface area contributed by atoms with Crippen molar-refractivity contribution in [1.29, 1.82) is 0 Å². The lowest BCUT2D eigenvalue weighted by atomic mass is 9.74. The molecular formula is C31H33ClF3NO5S2. The molecule has 0 bridgehead atoms. The Labute approximate surface area is 259 Å². The summed E-state index contributed by atoms with van der Waals surface area (Å²) in [6, 6.07) is 16.8. The second-order valence-electron chi connectivity index (χ2n) is 11.5. The summed E-state index contributed by atoms with van der Waals surface area (Å²) in [4.78, 5) is 13.8. The van der Waals surface area contributed by atoms with Crippen molar-refractivity contribution in [3.05, 3.63) is 94.0 Å². The van der Waals surface area contributed by atoms with Crippen LogP contribution in [0.15, 0.2) is 76.5 Å². The molecule has 1 aliphatic rings. The molecule has 2 N–H and O–H groups in total. The van der Waals surface area contributed by atoms with Crippen molar-refractivity contribution in [2.24, 2.45) is 0 Å². The van der Waals surface area contributed by atoms with Gasteiger partial charge in [-0.25, -0.2) is 8.42 Å². The summed E-state index contributed by atoms with van der Waals surface area (Å²) in [7, 11) is -4.08. The number of nitrogens with one attached hydrogen (secondary N) is 1. The Balaban J connectivity index is 1.58. The Kier molecular flexibility index (Phi) is 9.64. The molecule has 4 rings (SSSR count). The average molecular weight is 656 g/mol. The topological polar surface area (TPSA) is 92.7 Å². The van der Waals surface area contributed by atoms with Gasteiger partial charge in [-0.1, -0.05) is 73.5 Å². The minimum atomic E-state index is -5.17. The third kappa shape index (κ3) is 7.39. The van der Waals surface area contributed by atoms with Gasteiger partial charge in [0.25, 0.3) is 0 Å². The van der Waals surface area contributed by atoms with Gasteiger partial charge in [0.1, 0.15) is 6.10 Å². The maximum Gasteiger partial charge on any atom is 0.417 e. The molecule has 3 aromatic rings. The number of fused-ring (bicyclic) bond motifs is 1. The van der Waals surface area contributed by atoms with Crippen LogP contribution in [-0.2, 0) is 31.4 Å². The molecule has 6 nitrogen and oxygen atoms in total. The van der Waals surface area contributed by atoms with Gasteiger partial charge in [0.15, 0.2) is 5.60 Å². The number of ether oxygens (including phenoxy) is 1. The Bertz CT molecular complexity index is 1600. The summed E-state index contributed by atoms with van der Waals surface area (Å²) in [5, 5.41) is 11.5. The van der Waals surface area contributed by atoms with Crippen molar-refractivity contribution in [2.45, 2.75) is 79.2 Å².